The molecule has 4 fully saturated rings. The summed E-state index contributed by atoms with van der Waals surface area (Å²) in [7, 11) is 1.63. The zero-order chi connectivity index (χ0) is 36.6. The molecule has 1 aromatic carbocycles. The van der Waals surface area contributed by atoms with Crippen molar-refractivity contribution in [1.82, 2.24) is 4.90 Å². The van der Waals surface area contributed by atoms with Crippen molar-refractivity contribution in [2.24, 2.45) is 51.2 Å². The van der Waals surface area contributed by atoms with Crippen LogP contribution >= 0.6 is 0 Å². The van der Waals surface area contributed by atoms with Crippen molar-refractivity contribution in [3.8, 4) is 5.75 Å². The lowest BCUT2D eigenvalue weighted by Gasteiger charge is -2.71. The fraction of sp³-hybridized carbons (Fsp3) is 0.727. The molecule has 7 nitrogen and oxygen atoms in total. The standard InChI is InChI=1S/C44H63NO6/c1-8-23-45(39(48)51-35-24-29(4)9-14-33(35)28(2)3)27-43(49)20-17-37-41(43,6)19-16-36-40(5)18-15-31(46)25-42(40)21-22-44(36,37)34(26-42)38(47)30-10-12-32(50-7)13-11-30/h10-13,21-22,26,28-29,31,33,35-37,46,49H,8-9,14-20,23-25,27H2,1-7H3/t29-,31?,33+,35-,36+,37+,40+,41-,42-,43+,44+/m0/s1. The predicted octanol–water partition coefficient (Wildman–Crippen LogP) is 8.78. The van der Waals surface area contributed by atoms with Crippen molar-refractivity contribution >= 4 is 11.9 Å². The Morgan fingerprint density at radius 3 is 2.33 bits per heavy atom. The van der Waals surface area contributed by atoms with Crippen LogP contribution in [0.2, 0.25) is 0 Å². The minimum absolute atomic E-state index is 0.0180. The highest BCUT2D eigenvalue weighted by Crippen LogP contribution is 2.78. The quantitative estimate of drug-likeness (QED) is 0.197. The number of amides is 1. The Morgan fingerprint density at radius 2 is 1.65 bits per heavy atom. The summed E-state index contributed by atoms with van der Waals surface area (Å²) in [6.07, 6.45) is 15.5. The maximum Gasteiger partial charge on any atom is 0.410 e. The first kappa shape index (κ1) is 36.7. The zero-order valence-corrected chi connectivity index (χ0v) is 32.2. The molecular weight excluding hydrogens is 638 g/mol. The number of aliphatic hydroxyl groups excluding tert-OH is 1. The van der Waals surface area contributed by atoms with E-state index in [-0.39, 0.29) is 47.2 Å². The average molecular weight is 702 g/mol. The largest absolute Gasteiger partial charge is 0.497 e. The molecule has 11 atom stereocenters. The van der Waals surface area contributed by atoms with Gasteiger partial charge in [0.2, 0.25) is 0 Å². The van der Waals surface area contributed by atoms with Crippen molar-refractivity contribution in [2.75, 3.05) is 20.2 Å². The predicted molar refractivity (Wildman–Crippen MR) is 199 cm³/mol. The molecule has 0 aromatic heterocycles. The molecule has 51 heavy (non-hydrogen) atoms. The minimum atomic E-state index is -1.12. The second-order valence-electron chi connectivity index (χ2n) is 18.5. The number of Topliss-reactive ketones (excluding diaryl/α,β-unsaturated/α-hetero) is 1. The van der Waals surface area contributed by atoms with Crippen molar-refractivity contribution in [1.29, 1.82) is 0 Å². The fourth-order valence-corrected chi connectivity index (χ4v) is 12.8. The molecule has 0 saturated heterocycles. The molecule has 1 unspecified atom stereocenters. The highest BCUT2D eigenvalue weighted by Gasteiger charge is 2.74. The molecular formula is C44H63NO6. The second kappa shape index (κ2) is 13.0. The molecule has 7 heteroatoms. The van der Waals surface area contributed by atoms with Gasteiger partial charge in [-0.25, -0.2) is 4.79 Å². The number of rotatable bonds is 9. The van der Waals surface area contributed by atoms with Gasteiger partial charge in [-0.2, -0.15) is 0 Å². The van der Waals surface area contributed by atoms with E-state index < -0.39 is 22.5 Å². The molecule has 0 aliphatic heterocycles. The highest BCUT2D eigenvalue weighted by molar-refractivity contribution is 6.10. The fourth-order valence-electron chi connectivity index (χ4n) is 12.8. The van der Waals surface area contributed by atoms with Crippen molar-refractivity contribution in [3.63, 3.8) is 0 Å². The van der Waals surface area contributed by atoms with E-state index in [2.05, 4.69) is 59.8 Å². The number of ether oxygens (including phenoxy) is 2. The van der Waals surface area contributed by atoms with Crippen molar-refractivity contribution in [3.05, 3.63) is 53.6 Å². The van der Waals surface area contributed by atoms with Gasteiger partial charge in [0.05, 0.1) is 25.4 Å². The van der Waals surface area contributed by atoms with Crippen molar-refractivity contribution < 1.29 is 29.3 Å². The topological polar surface area (TPSA) is 96.3 Å². The summed E-state index contributed by atoms with van der Waals surface area (Å²) >= 11 is 0. The van der Waals surface area contributed by atoms with Crippen molar-refractivity contribution in [2.45, 2.75) is 130 Å². The maximum absolute atomic E-state index is 14.9. The maximum atomic E-state index is 14.9. The highest BCUT2D eigenvalue weighted by atomic mass is 16.6. The van der Waals surface area contributed by atoms with Crippen LogP contribution in [0.3, 0.4) is 0 Å². The molecule has 4 saturated carbocycles. The first-order valence-corrected chi connectivity index (χ1v) is 20.2. The summed E-state index contributed by atoms with van der Waals surface area (Å²) in [6.45, 7) is 14.2. The smallest absolute Gasteiger partial charge is 0.410 e. The van der Waals surface area contributed by atoms with Gasteiger partial charge in [0.25, 0.3) is 0 Å². The SMILES string of the molecule is CCCN(C[C@]1(O)CC[C@H]2[C@]34C=C[C@@]5(C=C3C(=O)c3ccc(OC)cc3)CC(O)CC[C@]5(C)[C@H]4CC[C@@]21C)C(=O)O[C@H]1C[C@@H](C)CC[C@@H]1C(C)C. The van der Waals surface area contributed by atoms with Gasteiger partial charge in [-0.15, -0.1) is 0 Å². The Labute approximate surface area is 306 Å². The number of fused-ring (bicyclic) bond motifs is 1. The Morgan fingerprint density at radius 1 is 0.961 bits per heavy atom. The third kappa shape index (κ3) is 5.48. The Kier molecular flexibility index (Phi) is 9.38. The molecule has 2 bridgehead atoms. The van der Waals surface area contributed by atoms with Crippen LogP contribution in [-0.2, 0) is 4.74 Å². The van der Waals surface area contributed by atoms with Gasteiger partial charge >= 0.3 is 6.09 Å². The average Bonchev–Trinajstić information content (AvgIpc) is 3.37. The first-order valence-electron chi connectivity index (χ1n) is 20.2. The number of methoxy groups -OCH3 is 1. The number of nitrogens with zero attached hydrogens (tertiary/aromatic N) is 1. The molecule has 1 amide bonds. The van der Waals surface area contributed by atoms with Gasteiger partial charge in [0.1, 0.15) is 11.9 Å². The van der Waals surface area contributed by atoms with Gasteiger partial charge in [-0.05, 0) is 123 Å². The molecule has 7 aliphatic rings. The molecule has 7 aliphatic carbocycles. The third-order valence-electron chi connectivity index (χ3n) is 15.7. The lowest BCUT2D eigenvalue weighted by Crippen LogP contribution is -2.67. The third-order valence-corrected chi connectivity index (χ3v) is 15.7. The second-order valence-corrected chi connectivity index (χ2v) is 18.5. The Balaban J connectivity index is 1.24. The van der Waals surface area contributed by atoms with E-state index in [9.17, 15) is 19.8 Å². The lowest BCUT2D eigenvalue weighted by atomic mass is 9.32. The number of allylic oxidation sites excluding steroid dienone is 4. The number of carbonyl (C=O) groups excluding carboxylic acids is 2. The van der Waals surface area contributed by atoms with Crippen LogP contribution in [-0.4, -0.2) is 65.0 Å². The van der Waals surface area contributed by atoms with Crippen LogP contribution in [0.25, 0.3) is 0 Å². The summed E-state index contributed by atoms with van der Waals surface area (Å²) in [4.78, 5) is 30.7. The van der Waals surface area contributed by atoms with Crippen LogP contribution in [0.15, 0.2) is 48.1 Å². The van der Waals surface area contributed by atoms with Gasteiger partial charge in [-0.3, -0.25) is 4.79 Å². The monoisotopic (exact) mass is 701 g/mol. The van der Waals surface area contributed by atoms with Crippen LogP contribution in [0.4, 0.5) is 4.79 Å². The van der Waals surface area contributed by atoms with Crippen LogP contribution in [0, 0.1) is 51.2 Å². The number of aliphatic hydroxyl groups is 2. The van der Waals surface area contributed by atoms with Gasteiger partial charge < -0.3 is 24.6 Å². The summed E-state index contributed by atoms with van der Waals surface area (Å²) in [5.41, 5.74) is -1.21. The van der Waals surface area contributed by atoms with E-state index in [1.54, 1.807) is 12.0 Å². The van der Waals surface area contributed by atoms with Crippen LogP contribution in [0.1, 0.15) is 123 Å². The van der Waals surface area contributed by atoms with Crippen LogP contribution < -0.4 is 4.74 Å². The number of carbonyl (C=O) groups is 2. The van der Waals surface area contributed by atoms with E-state index >= 15 is 0 Å². The number of hydrogen-bond donors (Lipinski definition) is 2. The number of benzene rings is 1. The van der Waals surface area contributed by atoms with E-state index in [1.807, 2.05) is 24.3 Å². The van der Waals surface area contributed by atoms with Gasteiger partial charge in [0, 0.05) is 33.9 Å². The first-order chi connectivity index (χ1) is 24.2. The lowest BCUT2D eigenvalue weighted by molar-refractivity contribution is -0.175. The van der Waals surface area contributed by atoms with Gasteiger partial charge in [-0.1, -0.05) is 66.2 Å². The normalized spacial score (nSPS) is 42.4. The molecule has 2 spiro atoms. The Bertz CT molecular complexity index is 1570. The van der Waals surface area contributed by atoms with E-state index in [1.165, 1.54) is 6.42 Å². The van der Waals surface area contributed by atoms with E-state index in [4.69, 9.17) is 9.47 Å². The van der Waals surface area contributed by atoms with E-state index in [0.717, 1.165) is 56.9 Å². The number of ketones is 1. The zero-order valence-electron chi connectivity index (χ0n) is 32.2. The molecule has 280 valence electrons. The Hall–Kier alpha value is -2.64. The van der Waals surface area contributed by atoms with Gasteiger partial charge in [0.15, 0.2) is 5.78 Å². The molecule has 8 rings (SSSR count). The molecule has 2 N–H and O–H groups in total. The minimum Gasteiger partial charge on any atom is -0.497 e. The molecule has 0 heterocycles. The number of hydrogen-bond acceptors (Lipinski definition) is 6. The van der Waals surface area contributed by atoms with Crippen LogP contribution in [0.5, 0.6) is 5.75 Å². The summed E-state index contributed by atoms with van der Waals surface area (Å²) in [5, 5.41) is 24.0. The molecule has 1 aromatic rings. The summed E-state index contributed by atoms with van der Waals surface area (Å²) in [6, 6.07) is 7.43. The summed E-state index contributed by atoms with van der Waals surface area (Å²) in [5.74, 6) is 2.30. The molecule has 0 radical (unpaired) electrons. The summed E-state index contributed by atoms with van der Waals surface area (Å²) < 4.78 is 11.8. The van der Waals surface area contributed by atoms with E-state index in [0.29, 0.717) is 48.5 Å².